The Hall–Kier alpha value is -3.20. The van der Waals surface area contributed by atoms with Crippen molar-refractivity contribution < 1.29 is 32.6 Å². The monoisotopic (exact) mass is 406 g/mol. The third-order valence-electron chi connectivity index (χ3n) is 5.16. The summed E-state index contributed by atoms with van der Waals surface area (Å²) in [5, 5.41) is 23.8. The van der Waals surface area contributed by atoms with Gasteiger partial charge >= 0.3 is 12.1 Å². The fourth-order valence-electron chi connectivity index (χ4n) is 3.68. The molecule has 1 heterocycles. The van der Waals surface area contributed by atoms with Gasteiger partial charge in [0.15, 0.2) is 0 Å². The minimum atomic E-state index is -5.08. The maximum atomic E-state index is 14.4. The summed E-state index contributed by atoms with van der Waals surface area (Å²) in [6, 6.07) is 6.16. The van der Waals surface area contributed by atoms with Crippen LogP contribution >= 0.6 is 0 Å². The third kappa shape index (κ3) is 2.65. The summed E-state index contributed by atoms with van der Waals surface area (Å²) in [5.74, 6) is -2.12. The van der Waals surface area contributed by atoms with E-state index >= 15 is 0 Å². The zero-order valence-corrected chi connectivity index (χ0v) is 14.9. The molecule has 150 valence electrons. The highest BCUT2D eigenvalue weighted by Gasteiger charge is 2.61. The van der Waals surface area contributed by atoms with E-state index in [0.29, 0.717) is 6.07 Å². The van der Waals surface area contributed by atoms with Crippen molar-refractivity contribution in [3.63, 3.8) is 0 Å². The van der Waals surface area contributed by atoms with Gasteiger partial charge in [-0.3, -0.25) is 4.68 Å². The van der Waals surface area contributed by atoms with Crippen LogP contribution in [0.2, 0.25) is 0 Å². The second kappa shape index (κ2) is 6.15. The number of aromatic nitrogens is 2. The molecule has 2 atom stereocenters. The smallest absolute Gasteiger partial charge is 0.425 e. The van der Waals surface area contributed by atoms with Gasteiger partial charge in [0, 0.05) is 22.9 Å². The van der Waals surface area contributed by atoms with Crippen LogP contribution in [0.5, 0.6) is 0 Å². The molecule has 1 aromatic heterocycles. The van der Waals surface area contributed by atoms with Crippen LogP contribution < -0.4 is 0 Å². The Kier molecular flexibility index (Phi) is 4.06. The lowest BCUT2D eigenvalue weighted by molar-refractivity contribution is -0.246. The molecule has 2 aromatic carbocycles. The normalized spacial score (nSPS) is 19.0. The molecule has 0 aliphatic heterocycles. The number of fused-ring (bicyclic) bond motifs is 3. The highest BCUT2D eigenvalue weighted by molar-refractivity contribution is 5.92. The molecule has 9 heteroatoms. The minimum Gasteiger partial charge on any atom is -0.480 e. The van der Waals surface area contributed by atoms with Crippen LogP contribution in [-0.2, 0) is 10.4 Å². The number of hydrogen-bond acceptors (Lipinski definition) is 3. The Balaban J connectivity index is 2.01. The number of carboxylic acid groups (broad SMARTS) is 1. The van der Waals surface area contributed by atoms with Gasteiger partial charge in [-0.2, -0.15) is 18.3 Å². The molecule has 0 bridgehead atoms. The summed E-state index contributed by atoms with van der Waals surface area (Å²) < 4.78 is 57.2. The summed E-state index contributed by atoms with van der Waals surface area (Å²) in [6.45, 7) is 1.38. The number of aliphatic hydroxyl groups is 1. The fourth-order valence-corrected chi connectivity index (χ4v) is 3.68. The summed E-state index contributed by atoms with van der Waals surface area (Å²) in [7, 11) is 0. The molecule has 2 N–H and O–H groups in total. The van der Waals surface area contributed by atoms with Crippen LogP contribution in [0, 0.1) is 5.82 Å². The number of rotatable bonds is 3. The van der Waals surface area contributed by atoms with Crippen LogP contribution in [0.1, 0.15) is 24.1 Å². The molecule has 5 nitrogen and oxygen atoms in total. The topological polar surface area (TPSA) is 75.3 Å². The van der Waals surface area contributed by atoms with Crippen molar-refractivity contribution in [3.05, 3.63) is 65.7 Å². The Morgan fingerprint density at radius 3 is 2.52 bits per heavy atom. The van der Waals surface area contributed by atoms with E-state index in [2.05, 4.69) is 5.10 Å². The van der Waals surface area contributed by atoms with E-state index in [1.54, 1.807) is 0 Å². The van der Waals surface area contributed by atoms with Gasteiger partial charge in [0.1, 0.15) is 11.9 Å². The molecule has 1 aliphatic rings. The molecule has 4 rings (SSSR count). The van der Waals surface area contributed by atoms with E-state index in [4.69, 9.17) is 5.11 Å². The molecule has 0 radical (unpaired) electrons. The predicted molar refractivity (Wildman–Crippen MR) is 94.5 cm³/mol. The lowest BCUT2D eigenvalue weighted by Gasteiger charge is -2.28. The van der Waals surface area contributed by atoms with Crippen LogP contribution in [0.25, 0.3) is 22.3 Å². The second-order valence-electron chi connectivity index (χ2n) is 6.85. The number of nitrogens with zero attached hydrogens (tertiary/aromatic N) is 2. The molecule has 0 spiro atoms. The lowest BCUT2D eigenvalue weighted by atomic mass is 9.89. The molecular weight excluding hydrogens is 392 g/mol. The van der Waals surface area contributed by atoms with Crippen molar-refractivity contribution in [1.29, 1.82) is 0 Å². The van der Waals surface area contributed by atoms with Crippen LogP contribution in [-0.4, -0.2) is 32.1 Å². The van der Waals surface area contributed by atoms with Crippen LogP contribution in [0.15, 0.2) is 48.8 Å². The summed E-state index contributed by atoms with van der Waals surface area (Å²) in [4.78, 5) is 11.2. The average Bonchev–Trinajstić information content (AvgIpc) is 3.23. The third-order valence-corrected chi connectivity index (χ3v) is 5.16. The number of hydrogen-bond donors (Lipinski definition) is 2. The number of aliphatic carboxylic acids is 1. The minimum absolute atomic E-state index is 0.0318. The van der Waals surface area contributed by atoms with Gasteiger partial charge in [-0.1, -0.05) is 24.3 Å². The highest BCUT2D eigenvalue weighted by Crippen LogP contribution is 2.57. The summed E-state index contributed by atoms with van der Waals surface area (Å²) >= 11 is 0. The van der Waals surface area contributed by atoms with E-state index in [0.717, 1.165) is 16.8 Å². The maximum Gasteiger partial charge on any atom is 0.425 e. The molecule has 3 aromatic rings. The van der Waals surface area contributed by atoms with Gasteiger partial charge in [-0.15, -0.1) is 0 Å². The molecule has 0 amide bonds. The first-order chi connectivity index (χ1) is 13.6. The molecule has 29 heavy (non-hydrogen) atoms. The molecule has 1 aliphatic carbocycles. The van der Waals surface area contributed by atoms with Crippen LogP contribution in [0.3, 0.4) is 0 Å². The van der Waals surface area contributed by atoms with Crippen molar-refractivity contribution in [3.8, 4) is 22.3 Å². The van der Waals surface area contributed by atoms with Crippen LogP contribution in [0.4, 0.5) is 17.6 Å². The summed E-state index contributed by atoms with van der Waals surface area (Å²) in [6.07, 6.45) is -2.51. The first-order valence-corrected chi connectivity index (χ1v) is 8.56. The number of halogens is 4. The largest absolute Gasteiger partial charge is 0.480 e. The fraction of sp³-hybridized carbons (Fsp3) is 0.200. The Labute approximate surface area is 161 Å². The second-order valence-corrected chi connectivity index (χ2v) is 6.85. The first kappa shape index (κ1) is 19.1. The number of benzene rings is 2. The zero-order chi connectivity index (χ0) is 21.1. The average molecular weight is 406 g/mol. The number of alkyl halides is 3. The molecular formula is C20H14F4N2O3. The SMILES string of the molecule is CC(C(=O)O)n1cc(-c2cc(F)cc3c2-c2ccccc2C3(O)C(F)(F)F)cn1. The molecule has 2 unspecified atom stereocenters. The Morgan fingerprint density at radius 2 is 1.86 bits per heavy atom. The van der Waals surface area contributed by atoms with Gasteiger partial charge in [-0.05, 0) is 35.7 Å². The van der Waals surface area contributed by atoms with Crippen molar-refractivity contribution in [2.75, 3.05) is 0 Å². The summed E-state index contributed by atoms with van der Waals surface area (Å²) in [5.41, 5.74) is -3.90. The van der Waals surface area contributed by atoms with E-state index in [1.165, 1.54) is 37.5 Å². The highest BCUT2D eigenvalue weighted by atomic mass is 19.4. The lowest BCUT2D eigenvalue weighted by Crippen LogP contribution is -2.41. The standard InChI is InChI=1S/C20H14F4N2O3/c1-10(18(27)28)26-9-11(8-25-26)14-6-12(21)7-16-17(14)13-4-2-3-5-15(13)19(16,29)20(22,23)24/h2-10,29H,1H3,(H,27,28). The van der Waals surface area contributed by atoms with Crippen molar-refractivity contribution in [2.24, 2.45) is 0 Å². The van der Waals surface area contributed by atoms with Gasteiger partial charge < -0.3 is 10.2 Å². The molecule has 0 saturated carbocycles. The molecule has 0 saturated heterocycles. The number of carboxylic acids is 1. The van der Waals surface area contributed by atoms with Crippen molar-refractivity contribution >= 4 is 5.97 Å². The quantitative estimate of drug-likeness (QED) is 0.642. The predicted octanol–water partition coefficient (Wildman–Crippen LogP) is 4.11. The van der Waals surface area contributed by atoms with Crippen molar-refractivity contribution in [1.82, 2.24) is 9.78 Å². The Bertz CT molecular complexity index is 1140. The zero-order valence-electron chi connectivity index (χ0n) is 14.9. The van der Waals surface area contributed by atoms with Crippen molar-refractivity contribution in [2.45, 2.75) is 24.7 Å². The van der Waals surface area contributed by atoms with Gasteiger partial charge in [0.2, 0.25) is 5.60 Å². The van der Waals surface area contributed by atoms with E-state index in [-0.39, 0.29) is 27.8 Å². The number of carbonyl (C=O) groups is 1. The Morgan fingerprint density at radius 1 is 1.17 bits per heavy atom. The maximum absolute atomic E-state index is 14.4. The van der Waals surface area contributed by atoms with E-state index < -0.39 is 35.2 Å². The van der Waals surface area contributed by atoms with Gasteiger partial charge in [-0.25, -0.2) is 9.18 Å². The van der Waals surface area contributed by atoms with E-state index in [1.807, 2.05) is 0 Å². The van der Waals surface area contributed by atoms with E-state index in [9.17, 15) is 27.5 Å². The van der Waals surface area contributed by atoms with Gasteiger partial charge in [0.05, 0.1) is 6.20 Å². The van der Waals surface area contributed by atoms with Gasteiger partial charge in [0.25, 0.3) is 0 Å². The molecule has 0 fully saturated rings. The first-order valence-electron chi connectivity index (χ1n) is 8.56.